The third-order valence-corrected chi connectivity index (χ3v) is 9.65. The molecule has 216 valence electrons. The van der Waals surface area contributed by atoms with Crippen LogP contribution in [0, 0.1) is 5.92 Å². The number of hydrogen-bond acceptors (Lipinski definition) is 9. The molecule has 1 aromatic carbocycles. The van der Waals surface area contributed by atoms with Gasteiger partial charge in [0.1, 0.15) is 23.4 Å². The number of sulfonamides is 1. The number of pyridine rings is 1. The van der Waals surface area contributed by atoms with Crippen LogP contribution in [0.25, 0.3) is 11.0 Å². The number of hydrogen-bond donors (Lipinski definition) is 1. The minimum Gasteiger partial charge on any atom is -0.497 e. The summed E-state index contributed by atoms with van der Waals surface area (Å²) in [5.74, 6) is -0.172. The number of aromatic nitrogens is 1. The van der Waals surface area contributed by atoms with Crippen molar-refractivity contribution < 1.29 is 36.7 Å². The number of ketones is 1. The largest absolute Gasteiger partial charge is 0.497 e. The predicted molar refractivity (Wildman–Crippen MR) is 146 cm³/mol. The molecular formula is C28H30N4O8S. The second kappa shape index (κ2) is 10.8. The average Bonchev–Trinajstić information content (AvgIpc) is 3.36. The van der Waals surface area contributed by atoms with E-state index in [-0.39, 0.29) is 36.5 Å². The molecule has 2 saturated heterocycles. The molecule has 12 nitrogen and oxygen atoms in total. The van der Waals surface area contributed by atoms with Gasteiger partial charge < -0.3 is 24.1 Å². The maximum absolute atomic E-state index is 13.7. The third-order valence-electron chi connectivity index (χ3n) is 7.84. The molecule has 0 radical (unpaired) electrons. The number of furan rings is 1. The number of rotatable bonds is 9. The van der Waals surface area contributed by atoms with Crippen LogP contribution < -0.4 is 14.8 Å². The summed E-state index contributed by atoms with van der Waals surface area (Å²) in [5.41, 5.74) is 1.02. The van der Waals surface area contributed by atoms with Gasteiger partial charge in [0.2, 0.25) is 15.9 Å². The van der Waals surface area contributed by atoms with Gasteiger partial charge in [0.15, 0.2) is 5.78 Å². The lowest BCUT2D eigenvalue weighted by Gasteiger charge is -2.28. The van der Waals surface area contributed by atoms with Gasteiger partial charge in [-0.15, -0.1) is 0 Å². The summed E-state index contributed by atoms with van der Waals surface area (Å²) in [6.45, 7) is -0.0799. The number of carbonyl (C=O) groups is 3. The van der Waals surface area contributed by atoms with Crippen LogP contribution in [0.2, 0.25) is 0 Å². The van der Waals surface area contributed by atoms with E-state index in [4.69, 9.17) is 13.9 Å². The van der Waals surface area contributed by atoms with Gasteiger partial charge >= 0.3 is 6.09 Å². The van der Waals surface area contributed by atoms with E-state index in [0.717, 1.165) is 12.8 Å². The van der Waals surface area contributed by atoms with Crippen LogP contribution >= 0.6 is 0 Å². The minimum absolute atomic E-state index is 0.0370. The van der Waals surface area contributed by atoms with Crippen LogP contribution in [-0.2, 0) is 25.4 Å². The Bertz CT molecular complexity index is 1590. The van der Waals surface area contributed by atoms with E-state index in [1.165, 1.54) is 15.4 Å². The second-order valence-corrected chi connectivity index (χ2v) is 12.6. The second-order valence-electron chi connectivity index (χ2n) is 10.7. The third kappa shape index (κ3) is 5.64. The Kier molecular flexibility index (Phi) is 7.16. The number of nitrogens with zero attached hydrogens (tertiary/aromatic N) is 3. The number of amides is 2. The predicted octanol–water partition coefficient (Wildman–Crippen LogP) is 2.48. The quantitative estimate of drug-likeness (QED) is 0.402. The van der Waals surface area contributed by atoms with Crippen molar-refractivity contribution in [1.29, 1.82) is 0 Å². The highest BCUT2D eigenvalue weighted by molar-refractivity contribution is 7.88. The molecule has 0 bridgehead atoms. The van der Waals surface area contributed by atoms with E-state index >= 15 is 0 Å². The zero-order valence-corrected chi connectivity index (χ0v) is 23.2. The molecule has 2 aliphatic heterocycles. The molecule has 13 heteroatoms. The van der Waals surface area contributed by atoms with Crippen LogP contribution in [0.4, 0.5) is 4.79 Å². The monoisotopic (exact) mass is 582 g/mol. The average molecular weight is 583 g/mol. The van der Waals surface area contributed by atoms with Gasteiger partial charge in [-0.05, 0) is 48.6 Å². The van der Waals surface area contributed by atoms with Gasteiger partial charge in [-0.2, -0.15) is 4.31 Å². The molecule has 3 aliphatic rings. The molecule has 2 amide bonds. The van der Waals surface area contributed by atoms with Gasteiger partial charge in [0, 0.05) is 30.4 Å². The smallest absolute Gasteiger partial charge is 0.415 e. The fourth-order valence-electron chi connectivity index (χ4n) is 5.71. The highest BCUT2D eigenvalue weighted by atomic mass is 32.2. The van der Waals surface area contributed by atoms with Gasteiger partial charge in [0.25, 0.3) is 5.95 Å². The van der Waals surface area contributed by atoms with Crippen LogP contribution in [0.15, 0.2) is 53.2 Å². The molecule has 3 fully saturated rings. The molecule has 2 aromatic heterocycles. The number of ether oxygens (including phenoxy) is 2. The van der Waals surface area contributed by atoms with Crippen molar-refractivity contribution in [2.45, 2.75) is 49.6 Å². The minimum atomic E-state index is -3.82. The lowest BCUT2D eigenvalue weighted by Crippen LogP contribution is -2.53. The first kappa shape index (κ1) is 27.2. The number of carbonyl (C=O) groups excluding carboxylic acids is 3. The molecular weight excluding hydrogens is 552 g/mol. The standard InChI is InChI=1S/C28H30N4O8S/c1-38-20-6-7-24-19(12-20)13-25(39-24)40-28(35)30-21(11-17-4-5-17)27(34)31-10-8-22-26(31)23(33)15-32(22)41(36,37)16-18-3-2-9-29-14-18/h2-3,6-7,9,12-14,17,21-22,26H,4-5,8,10-11,15-16H2,1H3,(H,30,35). The summed E-state index contributed by atoms with van der Waals surface area (Å²) in [6, 6.07) is 7.57. The van der Waals surface area contributed by atoms with Crippen LogP contribution in [0.1, 0.15) is 31.2 Å². The van der Waals surface area contributed by atoms with Crippen LogP contribution in [0.5, 0.6) is 11.7 Å². The molecule has 1 saturated carbocycles. The van der Waals surface area contributed by atoms with Crippen LogP contribution in [-0.4, -0.2) is 78.7 Å². The molecule has 6 rings (SSSR count). The summed E-state index contributed by atoms with van der Waals surface area (Å²) in [7, 11) is -2.28. The molecule has 4 heterocycles. The zero-order valence-electron chi connectivity index (χ0n) is 22.4. The first-order valence-electron chi connectivity index (χ1n) is 13.5. The van der Waals surface area contributed by atoms with Gasteiger partial charge in [-0.3, -0.25) is 14.6 Å². The number of fused-ring (bicyclic) bond motifs is 2. The lowest BCUT2D eigenvalue weighted by molar-refractivity contribution is -0.138. The first-order chi connectivity index (χ1) is 19.7. The molecule has 41 heavy (non-hydrogen) atoms. The summed E-state index contributed by atoms with van der Waals surface area (Å²) in [6.07, 6.45) is 4.79. The SMILES string of the molecule is COc1ccc2oc(OC(=O)NC(CC3CC3)C(=O)N3CCC4C3C(=O)CN4S(=O)(=O)Cc3cccnc3)cc2c1. The lowest BCUT2D eigenvalue weighted by atomic mass is 10.1. The highest BCUT2D eigenvalue weighted by Crippen LogP contribution is 2.37. The van der Waals surface area contributed by atoms with E-state index in [9.17, 15) is 22.8 Å². The number of Topliss-reactive ketones (excluding diaryl/α,β-unsaturated/α-hetero) is 1. The highest BCUT2D eigenvalue weighted by Gasteiger charge is 2.54. The van der Waals surface area contributed by atoms with Crippen molar-refractivity contribution in [1.82, 2.24) is 19.5 Å². The summed E-state index contributed by atoms with van der Waals surface area (Å²) in [5, 5.41) is 3.35. The van der Waals surface area contributed by atoms with Crippen molar-refractivity contribution in [3.63, 3.8) is 0 Å². The molecule has 3 aromatic rings. The summed E-state index contributed by atoms with van der Waals surface area (Å²) < 4.78 is 43.8. The molecule has 1 N–H and O–H groups in total. The first-order valence-corrected chi connectivity index (χ1v) is 15.1. The van der Waals surface area contributed by atoms with Crippen molar-refractivity contribution >= 4 is 38.8 Å². The Morgan fingerprint density at radius 3 is 2.76 bits per heavy atom. The van der Waals surface area contributed by atoms with Gasteiger partial charge in [0.05, 0.1) is 25.4 Å². The Labute approximate surface area is 236 Å². The fourth-order valence-corrected chi connectivity index (χ4v) is 7.42. The molecule has 3 unspecified atom stereocenters. The van der Waals surface area contributed by atoms with Gasteiger partial charge in [-0.1, -0.05) is 18.9 Å². The molecule has 0 spiro atoms. The Morgan fingerprint density at radius 1 is 1.20 bits per heavy atom. The number of likely N-dealkylation sites (tertiary alicyclic amines) is 1. The van der Waals surface area contributed by atoms with E-state index in [1.807, 2.05) is 0 Å². The van der Waals surface area contributed by atoms with E-state index < -0.39 is 40.1 Å². The maximum atomic E-state index is 13.7. The van der Waals surface area contributed by atoms with Crippen molar-refractivity contribution in [3.8, 4) is 11.7 Å². The number of nitrogens with one attached hydrogen (secondary N) is 1. The van der Waals surface area contributed by atoms with E-state index in [2.05, 4.69) is 10.3 Å². The fraction of sp³-hybridized carbons (Fsp3) is 0.429. The van der Waals surface area contributed by atoms with Crippen molar-refractivity contribution in [3.05, 3.63) is 54.4 Å². The Morgan fingerprint density at radius 2 is 2.02 bits per heavy atom. The summed E-state index contributed by atoms with van der Waals surface area (Å²) in [4.78, 5) is 45.1. The number of benzene rings is 1. The van der Waals surface area contributed by atoms with Crippen molar-refractivity contribution in [2.24, 2.45) is 5.92 Å². The van der Waals surface area contributed by atoms with Crippen molar-refractivity contribution in [2.75, 3.05) is 20.2 Å². The molecule has 1 aliphatic carbocycles. The summed E-state index contributed by atoms with van der Waals surface area (Å²) >= 11 is 0. The van der Waals surface area contributed by atoms with Crippen LogP contribution in [0.3, 0.4) is 0 Å². The van der Waals surface area contributed by atoms with Gasteiger partial charge in [-0.25, -0.2) is 13.2 Å². The molecule has 3 atom stereocenters. The Balaban J connectivity index is 1.15. The Hall–Kier alpha value is -3.97. The normalized spacial score (nSPS) is 21.6. The number of methoxy groups -OCH3 is 1. The van der Waals surface area contributed by atoms with E-state index in [1.54, 1.807) is 49.7 Å². The topological polar surface area (TPSA) is 148 Å². The maximum Gasteiger partial charge on any atom is 0.415 e. The zero-order chi connectivity index (χ0) is 28.7. The van der Waals surface area contributed by atoms with E-state index in [0.29, 0.717) is 35.1 Å².